The van der Waals surface area contributed by atoms with Gasteiger partial charge in [-0.1, -0.05) is 42.0 Å². The van der Waals surface area contributed by atoms with E-state index in [1.165, 1.54) is 50.1 Å². The van der Waals surface area contributed by atoms with Crippen LogP contribution in [-0.2, 0) is 5.41 Å². The van der Waals surface area contributed by atoms with Gasteiger partial charge in [0.15, 0.2) is 0 Å². The molecule has 6 N–H and O–H groups in total. The lowest BCUT2D eigenvalue weighted by Crippen LogP contribution is -2.26. The van der Waals surface area contributed by atoms with Gasteiger partial charge in [-0.3, -0.25) is 0 Å². The van der Waals surface area contributed by atoms with Gasteiger partial charge in [-0.25, -0.2) is 0 Å². The molecule has 140 valence electrons. The summed E-state index contributed by atoms with van der Waals surface area (Å²) in [5, 5.41) is 0. The highest BCUT2D eigenvalue weighted by molar-refractivity contribution is 5.96. The van der Waals surface area contributed by atoms with Crippen molar-refractivity contribution in [1.29, 1.82) is 0 Å². The summed E-state index contributed by atoms with van der Waals surface area (Å²) in [6, 6.07) is 25.4. The van der Waals surface area contributed by atoms with Crippen LogP contribution in [0.3, 0.4) is 0 Å². The van der Waals surface area contributed by atoms with Gasteiger partial charge in [0, 0.05) is 17.1 Å². The maximum absolute atomic E-state index is 6.30. The van der Waals surface area contributed by atoms with E-state index in [4.69, 9.17) is 17.2 Å². The summed E-state index contributed by atoms with van der Waals surface area (Å²) in [5.74, 6) is 0. The molecule has 0 fully saturated rings. The third-order valence-electron chi connectivity index (χ3n) is 6.50. The molecule has 6 rings (SSSR count). The zero-order chi connectivity index (χ0) is 19.9. The van der Waals surface area contributed by atoms with E-state index in [9.17, 15) is 0 Å². The van der Waals surface area contributed by atoms with Crippen molar-refractivity contribution in [2.45, 2.75) is 12.3 Å². The third-order valence-corrected chi connectivity index (χ3v) is 6.50. The first-order valence-electron chi connectivity index (χ1n) is 9.82. The van der Waals surface area contributed by atoms with Crippen molar-refractivity contribution in [3.8, 4) is 22.3 Å². The second-order valence-corrected chi connectivity index (χ2v) is 8.21. The number of anilines is 3. The number of hydrogen-bond acceptors (Lipinski definition) is 3. The number of nitrogens with two attached hydrogens (primary N) is 3. The van der Waals surface area contributed by atoms with Crippen LogP contribution in [0.1, 0.15) is 27.8 Å². The van der Waals surface area contributed by atoms with Gasteiger partial charge in [-0.2, -0.15) is 0 Å². The SMILES string of the molecule is Cc1ccc2c(c1)-c1ccc(N)cc1C21c2cc(N)ccc2-c2ccc(N)cc21. The van der Waals surface area contributed by atoms with E-state index in [0.29, 0.717) is 0 Å². The second-order valence-electron chi connectivity index (χ2n) is 8.21. The molecular weight excluding hydrogens is 354 g/mol. The summed E-state index contributed by atoms with van der Waals surface area (Å²) in [7, 11) is 0. The maximum Gasteiger partial charge on any atom is 0.0727 e. The van der Waals surface area contributed by atoms with Gasteiger partial charge in [-0.15, -0.1) is 0 Å². The number of fused-ring (bicyclic) bond motifs is 10. The van der Waals surface area contributed by atoms with Crippen molar-refractivity contribution >= 4 is 17.1 Å². The van der Waals surface area contributed by atoms with Gasteiger partial charge in [-0.05, 0) is 87.8 Å². The van der Waals surface area contributed by atoms with Gasteiger partial charge < -0.3 is 17.2 Å². The first-order chi connectivity index (χ1) is 14.0. The largest absolute Gasteiger partial charge is 0.399 e. The Bertz CT molecular complexity index is 1300. The summed E-state index contributed by atoms with van der Waals surface area (Å²) in [5.41, 5.74) is 31.7. The Morgan fingerprint density at radius 3 is 1.41 bits per heavy atom. The molecule has 2 aliphatic carbocycles. The fourth-order valence-electron chi connectivity index (χ4n) is 5.40. The van der Waals surface area contributed by atoms with Gasteiger partial charge in [0.1, 0.15) is 0 Å². The lowest BCUT2D eigenvalue weighted by Gasteiger charge is -2.31. The quantitative estimate of drug-likeness (QED) is 0.324. The van der Waals surface area contributed by atoms with Gasteiger partial charge in [0.25, 0.3) is 0 Å². The van der Waals surface area contributed by atoms with Crippen LogP contribution in [0, 0.1) is 6.92 Å². The zero-order valence-electron chi connectivity index (χ0n) is 16.2. The highest BCUT2D eigenvalue weighted by Crippen LogP contribution is 2.63. The molecule has 0 heterocycles. The van der Waals surface area contributed by atoms with E-state index in [0.717, 1.165) is 17.1 Å². The molecule has 0 saturated heterocycles. The summed E-state index contributed by atoms with van der Waals surface area (Å²) in [6.07, 6.45) is 0. The molecule has 0 amide bonds. The van der Waals surface area contributed by atoms with Crippen LogP contribution in [0.2, 0.25) is 0 Å². The van der Waals surface area contributed by atoms with Gasteiger partial charge >= 0.3 is 0 Å². The summed E-state index contributed by atoms with van der Waals surface area (Å²) in [4.78, 5) is 0. The predicted octanol–water partition coefficient (Wildman–Crippen LogP) is 5.09. The van der Waals surface area contributed by atoms with Crippen LogP contribution < -0.4 is 17.2 Å². The van der Waals surface area contributed by atoms with Crippen LogP contribution in [0.5, 0.6) is 0 Å². The predicted molar refractivity (Wildman–Crippen MR) is 121 cm³/mol. The van der Waals surface area contributed by atoms with Gasteiger partial charge in [0.2, 0.25) is 0 Å². The van der Waals surface area contributed by atoms with Crippen molar-refractivity contribution in [2.24, 2.45) is 0 Å². The standard InChI is InChI=1S/C26H21N3/c1-14-2-9-22-21(10-14)20-8-5-17(29)13-25(20)26(22)23-11-15(27)3-6-18(23)19-7-4-16(28)12-24(19)26/h2-13H,27-29H2,1H3. The molecule has 0 bridgehead atoms. The van der Waals surface area contributed by atoms with E-state index in [1.807, 2.05) is 18.2 Å². The molecule has 2 aliphatic rings. The minimum Gasteiger partial charge on any atom is -0.399 e. The third kappa shape index (κ3) is 1.87. The Balaban J connectivity index is 1.87. The fourth-order valence-corrected chi connectivity index (χ4v) is 5.40. The molecule has 0 aliphatic heterocycles. The van der Waals surface area contributed by atoms with Crippen molar-refractivity contribution in [3.05, 3.63) is 101 Å². The van der Waals surface area contributed by atoms with E-state index in [2.05, 4.69) is 61.5 Å². The Labute approximate surface area is 169 Å². The Kier molecular flexibility index (Phi) is 2.92. The van der Waals surface area contributed by atoms with Crippen molar-refractivity contribution < 1.29 is 0 Å². The molecule has 0 radical (unpaired) electrons. The Morgan fingerprint density at radius 1 is 0.483 bits per heavy atom. The molecule has 0 atom stereocenters. The van der Waals surface area contributed by atoms with Crippen LogP contribution in [0.25, 0.3) is 22.3 Å². The molecule has 0 saturated carbocycles. The smallest absolute Gasteiger partial charge is 0.0727 e. The molecule has 3 nitrogen and oxygen atoms in total. The average Bonchev–Trinajstić information content (AvgIpc) is 3.13. The summed E-state index contributed by atoms with van der Waals surface area (Å²) in [6.45, 7) is 2.13. The van der Waals surface area contributed by atoms with E-state index in [-0.39, 0.29) is 0 Å². The van der Waals surface area contributed by atoms with E-state index < -0.39 is 5.41 Å². The average molecular weight is 375 g/mol. The van der Waals surface area contributed by atoms with Crippen LogP contribution in [0.15, 0.2) is 72.8 Å². The lowest BCUT2D eigenvalue weighted by atomic mass is 9.70. The number of benzene rings is 4. The highest BCUT2D eigenvalue weighted by Gasteiger charge is 2.51. The van der Waals surface area contributed by atoms with Crippen molar-refractivity contribution in [2.75, 3.05) is 17.2 Å². The lowest BCUT2D eigenvalue weighted by molar-refractivity contribution is 0.794. The maximum atomic E-state index is 6.30. The number of hydrogen-bond donors (Lipinski definition) is 3. The number of nitrogen functional groups attached to an aromatic ring is 3. The Hall–Kier alpha value is -3.72. The van der Waals surface area contributed by atoms with E-state index >= 15 is 0 Å². The first kappa shape index (κ1) is 16.3. The fraction of sp³-hybridized carbons (Fsp3) is 0.0769. The zero-order valence-corrected chi connectivity index (χ0v) is 16.2. The minimum absolute atomic E-state index is 0.455. The van der Waals surface area contributed by atoms with Gasteiger partial charge in [0.05, 0.1) is 5.41 Å². The summed E-state index contributed by atoms with van der Waals surface area (Å²) < 4.78 is 0. The normalized spacial score (nSPS) is 14.4. The summed E-state index contributed by atoms with van der Waals surface area (Å²) >= 11 is 0. The van der Waals surface area contributed by atoms with E-state index in [1.54, 1.807) is 0 Å². The van der Waals surface area contributed by atoms with Crippen LogP contribution >= 0.6 is 0 Å². The minimum atomic E-state index is -0.455. The second kappa shape index (κ2) is 5.21. The topological polar surface area (TPSA) is 78.1 Å². The molecular formula is C26H21N3. The molecule has 3 heteroatoms. The molecule has 0 aromatic heterocycles. The molecule has 4 aromatic carbocycles. The molecule has 29 heavy (non-hydrogen) atoms. The molecule has 4 aromatic rings. The highest BCUT2D eigenvalue weighted by atomic mass is 14.6. The first-order valence-corrected chi connectivity index (χ1v) is 9.82. The monoisotopic (exact) mass is 375 g/mol. The number of aryl methyl sites for hydroxylation is 1. The Morgan fingerprint density at radius 2 is 0.931 bits per heavy atom. The van der Waals surface area contributed by atoms with Crippen molar-refractivity contribution in [3.63, 3.8) is 0 Å². The molecule has 1 spiro atoms. The molecule has 0 unspecified atom stereocenters. The van der Waals surface area contributed by atoms with Crippen LogP contribution in [-0.4, -0.2) is 0 Å². The van der Waals surface area contributed by atoms with Crippen molar-refractivity contribution in [1.82, 2.24) is 0 Å². The van der Waals surface area contributed by atoms with Crippen LogP contribution in [0.4, 0.5) is 17.1 Å². The number of rotatable bonds is 0.